The van der Waals surface area contributed by atoms with Crippen LogP contribution >= 0.6 is 0 Å². The topological polar surface area (TPSA) is 81.6 Å². The fourth-order valence-corrected chi connectivity index (χ4v) is 1.48. The summed E-state index contributed by atoms with van der Waals surface area (Å²) in [5, 5.41) is 0. The third-order valence-corrected chi connectivity index (χ3v) is 2.20. The molecule has 1 aliphatic rings. The highest BCUT2D eigenvalue weighted by molar-refractivity contribution is 5.87. The number of carbonyl (C=O) groups is 1. The van der Waals surface area contributed by atoms with Gasteiger partial charge in [0.1, 0.15) is 11.9 Å². The molecule has 1 unspecified atom stereocenters. The van der Waals surface area contributed by atoms with E-state index in [0.29, 0.717) is 25.3 Å². The molecule has 1 amide bonds. The molecule has 1 atom stereocenters. The number of nitrogens with two attached hydrogens (primary N) is 1. The molecule has 1 saturated heterocycles. The van der Waals surface area contributed by atoms with E-state index in [1.807, 2.05) is 0 Å². The first-order valence-electron chi connectivity index (χ1n) is 4.81. The molecule has 0 saturated carbocycles. The summed E-state index contributed by atoms with van der Waals surface area (Å²) in [5.74, 6) is 0.667. The van der Waals surface area contributed by atoms with Crippen LogP contribution in [0.3, 0.4) is 0 Å². The predicted molar refractivity (Wildman–Crippen MR) is 52.5 cm³/mol. The normalized spacial score (nSPS) is 20.8. The van der Waals surface area contributed by atoms with Crippen molar-refractivity contribution in [2.45, 2.75) is 19.4 Å². The van der Waals surface area contributed by atoms with Crippen molar-refractivity contribution in [3.8, 4) is 0 Å². The van der Waals surface area contributed by atoms with Gasteiger partial charge in [0.05, 0.1) is 12.7 Å². The van der Waals surface area contributed by atoms with Crippen LogP contribution in [0.4, 0.5) is 10.8 Å². The number of carbonyl (C=O) groups excluding carboxylic acids is 1. The molecule has 2 rings (SSSR count). The Morgan fingerprint density at radius 1 is 1.73 bits per heavy atom. The molecule has 2 N–H and O–H groups in total. The van der Waals surface area contributed by atoms with E-state index >= 15 is 0 Å². The zero-order valence-corrected chi connectivity index (χ0v) is 8.47. The molecule has 1 aromatic heterocycles. The number of cyclic esters (lactones) is 1. The summed E-state index contributed by atoms with van der Waals surface area (Å²) in [7, 11) is 0. The van der Waals surface area contributed by atoms with E-state index in [1.54, 1.807) is 13.1 Å². The number of aromatic nitrogens is 1. The Kier molecular flexibility index (Phi) is 2.59. The average molecular weight is 211 g/mol. The first-order chi connectivity index (χ1) is 7.20. The van der Waals surface area contributed by atoms with Crippen molar-refractivity contribution in [1.29, 1.82) is 0 Å². The molecular formula is C9H13N3O3. The standard InChI is InChI=1S/C9H13N3O3/c1-6-4-11-8(14-6)12-5-7(2-3-10)15-9(12)13/h4,7H,2-3,5,10H2,1H3. The molecule has 6 heteroatoms. The highest BCUT2D eigenvalue weighted by atomic mass is 16.6. The van der Waals surface area contributed by atoms with E-state index in [2.05, 4.69) is 4.98 Å². The SMILES string of the molecule is Cc1cnc(N2CC(CCN)OC2=O)o1. The number of nitrogens with zero attached hydrogens (tertiary/aromatic N) is 2. The van der Waals surface area contributed by atoms with Gasteiger partial charge in [-0.05, 0) is 19.9 Å². The highest BCUT2D eigenvalue weighted by Crippen LogP contribution is 2.21. The van der Waals surface area contributed by atoms with E-state index in [1.165, 1.54) is 4.90 Å². The fourth-order valence-electron chi connectivity index (χ4n) is 1.48. The minimum atomic E-state index is -0.421. The van der Waals surface area contributed by atoms with Crippen LogP contribution in [-0.2, 0) is 4.74 Å². The number of aryl methyl sites for hydroxylation is 1. The molecule has 0 bridgehead atoms. The molecule has 0 radical (unpaired) electrons. The molecule has 0 aliphatic carbocycles. The minimum Gasteiger partial charge on any atom is -0.444 e. The molecule has 1 fully saturated rings. The number of anilines is 1. The summed E-state index contributed by atoms with van der Waals surface area (Å²) in [5.41, 5.74) is 5.39. The number of oxazole rings is 1. The Morgan fingerprint density at radius 2 is 2.53 bits per heavy atom. The Labute approximate surface area is 87.0 Å². The largest absolute Gasteiger partial charge is 0.444 e. The summed E-state index contributed by atoms with van der Waals surface area (Å²) >= 11 is 0. The van der Waals surface area contributed by atoms with Gasteiger partial charge >= 0.3 is 12.1 Å². The summed E-state index contributed by atoms with van der Waals surface area (Å²) in [6.45, 7) is 2.72. The summed E-state index contributed by atoms with van der Waals surface area (Å²) in [6.07, 6.45) is 1.64. The molecule has 82 valence electrons. The van der Waals surface area contributed by atoms with Crippen LogP contribution < -0.4 is 10.6 Å². The molecule has 6 nitrogen and oxygen atoms in total. The zero-order valence-electron chi connectivity index (χ0n) is 8.47. The first-order valence-corrected chi connectivity index (χ1v) is 4.81. The third-order valence-electron chi connectivity index (χ3n) is 2.20. The van der Waals surface area contributed by atoms with Gasteiger partial charge in [-0.15, -0.1) is 0 Å². The summed E-state index contributed by atoms with van der Waals surface area (Å²) in [6, 6.07) is 0.289. The van der Waals surface area contributed by atoms with Crippen LogP contribution in [0.2, 0.25) is 0 Å². The van der Waals surface area contributed by atoms with E-state index in [9.17, 15) is 4.79 Å². The highest BCUT2D eigenvalue weighted by Gasteiger charge is 2.34. The van der Waals surface area contributed by atoms with E-state index in [0.717, 1.165) is 0 Å². The number of rotatable bonds is 3. The Hall–Kier alpha value is -1.56. The van der Waals surface area contributed by atoms with E-state index in [4.69, 9.17) is 14.9 Å². The van der Waals surface area contributed by atoms with E-state index in [-0.39, 0.29) is 12.1 Å². The lowest BCUT2D eigenvalue weighted by Crippen LogP contribution is -2.25. The number of amides is 1. The minimum absolute atomic E-state index is 0.158. The molecule has 1 aromatic rings. The third kappa shape index (κ3) is 1.94. The van der Waals surface area contributed by atoms with Crippen molar-refractivity contribution >= 4 is 12.1 Å². The summed E-state index contributed by atoms with van der Waals surface area (Å²) < 4.78 is 10.3. The van der Waals surface area contributed by atoms with Gasteiger partial charge in [-0.1, -0.05) is 0 Å². The van der Waals surface area contributed by atoms with Crippen LogP contribution in [0.25, 0.3) is 0 Å². The van der Waals surface area contributed by atoms with Crippen molar-refractivity contribution in [1.82, 2.24) is 4.98 Å². The quantitative estimate of drug-likeness (QED) is 0.794. The summed E-state index contributed by atoms with van der Waals surface area (Å²) in [4.78, 5) is 16.8. The number of hydrogen-bond donors (Lipinski definition) is 1. The zero-order chi connectivity index (χ0) is 10.8. The van der Waals surface area contributed by atoms with Crippen LogP contribution in [-0.4, -0.2) is 30.3 Å². The molecule has 0 aromatic carbocycles. The second kappa shape index (κ2) is 3.90. The molecule has 2 heterocycles. The van der Waals surface area contributed by atoms with Gasteiger partial charge in [-0.3, -0.25) is 0 Å². The lowest BCUT2D eigenvalue weighted by atomic mass is 10.2. The number of ether oxygens (including phenoxy) is 1. The van der Waals surface area contributed by atoms with Crippen LogP contribution in [0.1, 0.15) is 12.2 Å². The molecule has 0 spiro atoms. The maximum atomic E-state index is 11.4. The Balaban J connectivity index is 2.08. The fraction of sp³-hybridized carbons (Fsp3) is 0.556. The van der Waals surface area contributed by atoms with Crippen LogP contribution in [0.5, 0.6) is 0 Å². The maximum absolute atomic E-state index is 11.4. The van der Waals surface area contributed by atoms with Gasteiger partial charge in [0, 0.05) is 0 Å². The lowest BCUT2D eigenvalue weighted by Gasteiger charge is -2.06. The smallest absolute Gasteiger partial charge is 0.418 e. The van der Waals surface area contributed by atoms with Crippen molar-refractivity contribution in [3.05, 3.63) is 12.0 Å². The van der Waals surface area contributed by atoms with E-state index < -0.39 is 6.09 Å². The van der Waals surface area contributed by atoms with Crippen LogP contribution in [0, 0.1) is 6.92 Å². The van der Waals surface area contributed by atoms with Gasteiger partial charge < -0.3 is 14.9 Å². The van der Waals surface area contributed by atoms with Crippen LogP contribution in [0.15, 0.2) is 10.6 Å². The average Bonchev–Trinajstić information content (AvgIpc) is 2.73. The predicted octanol–water partition coefficient (Wildman–Crippen LogP) is 0.657. The van der Waals surface area contributed by atoms with Gasteiger partial charge in [-0.25, -0.2) is 14.7 Å². The number of hydrogen-bond acceptors (Lipinski definition) is 5. The van der Waals surface area contributed by atoms with Gasteiger partial charge in [0.15, 0.2) is 0 Å². The first kappa shape index (κ1) is 9.97. The second-order valence-electron chi connectivity index (χ2n) is 3.45. The van der Waals surface area contributed by atoms with Crippen molar-refractivity contribution in [2.24, 2.45) is 5.73 Å². The van der Waals surface area contributed by atoms with Gasteiger partial charge in [0.2, 0.25) is 0 Å². The Morgan fingerprint density at radius 3 is 3.13 bits per heavy atom. The van der Waals surface area contributed by atoms with Crippen molar-refractivity contribution in [2.75, 3.05) is 18.0 Å². The monoisotopic (exact) mass is 211 g/mol. The van der Waals surface area contributed by atoms with Gasteiger partial charge in [-0.2, -0.15) is 0 Å². The van der Waals surface area contributed by atoms with Crippen molar-refractivity contribution in [3.63, 3.8) is 0 Å². The molecule has 1 aliphatic heterocycles. The van der Waals surface area contributed by atoms with Crippen molar-refractivity contribution < 1.29 is 13.9 Å². The second-order valence-corrected chi connectivity index (χ2v) is 3.45. The lowest BCUT2D eigenvalue weighted by molar-refractivity contribution is 0.138. The maximum Gasteiger partial charge on any atom is 0.418 e. The Bertz CT molecular complexity index is 363. The molecule has 15 heavy (non-hydrogen) atoms. The molecular weight excluding hydrogens is 198 g/mol. The van der Waals surface area contributed by atoms with Gasteiger partial charge in [0.25, 0.3) is 0 Å².